The minimum Gasteiger partial charge on any atom is -0.326 e. The van der Waals surface area contributed by atoms with Gasteiger partial charge in [-0.05, 0) is 0 Å². The zero-order valence-electron chi connectivity index (χ0n) is 6.71. The summed E-state index contributed by atoms with van der Waals surface area (Å²) in [7, 11) is 1.86. The molecule has 0 aliphatic carbocycles. The van der Waals surface area contributed by atoms with E-state index in [0.29, 0.717) is 6.04 Å². The first-order valence-corrected chi connectivity index (χ1v) is 4.01. The summed E-state index contributed by atoms with van der Waals surface area (Å²) in [6.07, 6.45) is 0. The molecular formula is C7H13N3O. The number of hydrogen-bond donors (Lipinski definition) is 1. The maximum Gasteiger partial charge on any atom is 0.320 e. The van der Waals surface area contributed by atoms with Crippen molar-refractivity contribution in [2.45, 2.75) is 6.04 Å². The molecule has 0 saturated carbocycles. The summed E-state index contributed by atoms with van der Waals surface area (Å²) in [5.74, 6) is 0. The predicted octanol–water partition coefficient (Wildman–Crippen LogP) is -0.674. The van der Waals surface area contributed by atoms with Crippen LogP contribution in [0.25, 0.3) is 0 Å². The van der Waals surface area contributed by atoms with Gasteiger partial charge in [0.05, 0.1) is 6.04 Å². The summed E-state index contributed by atoms with van der Waals surface area (Å²) in [5, 5.41) is 3.16. The van der Waals surface area contributed by atoms with Crippen LogP contribution in [0.1, 0.15) is 0 Å². The summed E-state index contributed by atoms with van der Waals surface area (Å²) in [6.45, 7) is 3.73. The second-order valence-electron chi connectivity index (χ2n) is 3.21. The highest BCUT2D eigenvalue weighted by Crippen LogP contribution is 2.12. The fraction of sp³-hybridized carbons (Fsp3) is 0.857. The molecule has 4 nitrogen and oxygen atoms in total. The number of hydrogen-bond acceptors (Lipinski definition) is 2. The number of urea groups is 1. The van der Waals surface area contributed by atoms with E-state index in [4.69, 9.17) is 0 Å². The van der Waals surface area contributed by atoms with E-state index in [1.807, 2.05) is 11.9 Å². The molecule has 2 amide bonds. The molecule has 2 heterocycles. The number of carbonyl (C=O) groups excluding carboxylic acids is 1. The molecule has 0 bridgehead atoms. The number of nitrogens with one attached hydrogen (secondary N) is 1. The molecule has 1 N–H and O–H groups in total. The molecule has 4 heteroatoms. The Morgan fingerprint density at radius 1 is 1.45 bits per heavy atom. The molecule has 2 fully saturated rings. The summed E-state index contributed by atoms with van der Waals surface area (Å²) in [6, 6.07) is 0.656. The van der Waals surface area contributed by atoms with Gasteiger partial charge in [-0.25, -0.2) is 4.79 Å². The Bertz CT molecular complexity index is 179. The van der Waals surface area contributed by atoms with Crippen LogP contribution in [-0.4, -0.2) is 55.1 Å². The van der Waals surface area contributed by atoms with Gasteiger partial charge in [0.2, 0.25) is 0 Å². The van der Waals surface area contributed by atoms with Gasteiger partial charge in [0.15, 0.2) is 0 Å². The third kappa shape index (κ3) is 0.976. The van der Waals surface area contributed by atoms with Gasteiger partial charge in [0, 0.05) is 33.2 Å². The molecule has 11 heavy (non-hydrogen) atoms. The average molecular weight is 155 g/mol. The van der Waals surface area contributed by atoms with Gasteiger partial charge < -0.3 is 15.1 Å². The van der Waals surface area contributed by atoms with E-state index in [0.717, 1.165) is 26.2 Å². The summed E-state index contributed by atoms with van der Waals surface area (Å²) < 4.78 is 0. The van der Waals surface area contributed by atoms with E-state index < -0.39 is 0 Å². The van der Waals surface area contributed by atoms with Crippen LogP contribution in [0.4, 0.5) is 4.79 Å². The van der Waals surface area contributed by atoms with E-state index in [-0.39, 0.29) is 6.03 Å². The van der Waals surface area contributed by atoms with E-state index >= 15 is 0 Å². The van der Waals surface area contributed by atoms with Crippen molar-refractivity contribution >= 4 is 6.03 Å². The van der Waals surface area contributed by atoms with E-state index in [9.17, 15) is 4.79 Å². The van der Waals surface area contributed by atoms with E-state index in [1.165, 1.54) is 0 Å². The second kappa shape index (κ2) is 2.37. The number of carbonyl (C=O) groups is 1. The zero-order chi connectivity index (χ0) is 7.84. The van der Waals surface area contributed by atoms with Crippen molar-refractivity contribution < 1.29 is 4.79 Å². The molecule has 0 spiro atoms. The molecule has 0 aromatic rings. The monoisotopic (exact) mass is 155 g/mol. The molecule has 0 aromatic carbocycles. The van der Waals surface area contributed by atoms with Crippen LogP contribution in [0.5, 0.6) is 0 Å². The summed E-state index contributed by atoms with van der Waals surface area (Å²) in [4.78, 5) is 15.1. The minimum absolute atomic E-state index is 0.191. The van der Waals surface area contributed by atoms with E-state index in [2.05, 4.69) is 5.32 Å². The van der Waals surface area contributed by atoms with Gasteiger partial charge in [-0.15, -0.1) is 0 Å². The van der Waals surface area contributed by atoms with Crippen LogP contribution < -0.4 is 5.32 Å². The largest absolute Gasteiger partial charge is 0.326 e. The van der Waals surface area contributed by atoms with Crippen molar-refractivity contribution in [3.63, 3.8) is 0 Å². The Morgan fingerprint density at radius 3 is 2.55 bits per heavy atom. The molecule has 0 unspecified atom stereocenters. The van der Waals surface area contributed by atoms with Crippen LogP contribution in [-0.2, 0) is 0 Å². The summed E-state index contributed by atoms with van der Waals surface area (Å²) >= 11 is 0. The first kappa shape index (κ1) is 6.91. The maximum absolute atomic E-state index is 11.4. The van der Waals surface area contributed by atoms with Crippen molar-refractivity contribution in [2.24, 2.45) is 0 Å². The highest BCUT2D eigenvalue weighted by Gasteiger charge is 2.34. The molecule has 2 rings (SSSR count). The second-order valence-corrected chi connectivity index (χ2v) is 3.21. The van der Waals surface area contributed by atoms with Gasteiger partial charge in [0.1, 0.15) is 0 Å². The van der Waals surface area contributed by atoms with Crippen LogP contribution in [0.15, 0.2) is 0 Å². The highest BCUT2D eigenvalue weighted by atomic mass is 16.2. The van der Waals surface area contributed by atoms with Gasteiger partial charge >= 0.3 is 6.03 Å². The van der Waals surface area contributed by atoms with Crippen LogP contribution in [0, 0.1) is 0 Å². The fourth-order valence-corrected chi connectivity index (χ4v) is 1.50. The Labute approximate surface area is 66.1 Å². The lowest BCUT2D eigenvalue weighted by atomic mass is 10.1. The molecule has 0 radical (unpaired) electrons. The Hall–Kier alpha value is -0.770. The van der Waals surface area contributed by atoms with Gasteiger partial charge in [-0.3, -0.25) is 0 Å². The lowest BCUT2D eigenvalue weighted by molar-refractivity contribution is 0.162. The number of nitrogens with zero attached hydrogens (tertiary/aromatic N) is 2. The maximum atomic E-state index is 11.4. The number of likely N-dealkylation sites (N-methyl/N-ethyl adjacent to an activating group) is 1. The van der Waals surface area contributed by atoms with Crippen molar-refractivity contribution in [2.75, 3.05) is 33.2 Å². The minimum atomic E-state index is 0.191. The van der Waals surface area contributed by atoms with Gasteiger partial charge in [-0.2, -0.15) is 0 Å². The smallest absolute Gasteiger partial charge is 0.320 e. The first-order chi connectivity index (χ1) is 5.29. The van der Waals surface area contributed by atoms with Crippen molar-refractivity contribution in [1.29, 1.82) is 0 Å². The quantitative estimate of drug-likeness (QED) is 0.545. The SMILES string of the molecule is CN1CCN(C2CNC2)C1=O. The van der Waals surface area contributed by atoms with Crippen LogP contribution >= 0.6 is 0 Å². The Balaban J connectivity index is 1.98. The zero-order valence-corrected chi connectivity index (χ0v) is 6.71. The van der Waals surface area contributed by atoms with Crippen molar-refractivity contribution in [1.82, 2.24) is 15.1 Å². The molecule has 2 aliphatic rings. The van der Waals surface area contributed by atoms with Crippen molar-refractivity contribution in [3.05, 3.63) is 0 Å². The Morgan fingerprint density at radius 2 is 2.18 bits per heavy atom. The lowest BCUT2D eigenvalue weighted by Gasteiger charge is -2.34. The first-order valence-electron chi connectivity index (χ1n) is 4.01. The predicted molar refractivity (Wildman–Crippen MR) is 41.4 cm³/mol. The third-order valence-corrected chi connectivity index (χ3v) is 2.45. The third-order valence-electron chi connectivity index (χ3n) is 2.45. The lowest BCUT2D eigenvalue weighted by Crippen LogP contribution is -2.57. The van der Waals surface area contributed by atoms with Crippen LogP contribution in [0.3, 0.4) is 0 Å². The molecule has 2 aliphatic heterocycles. The fourth-order valence-electron chi connectivity index (χ4n) is 1.50. The number of rotatable bonds is 1. The van der Waals surface area contributed by atoms with Crippen LogP contribution in [0.2, 0.25) is 0 Å². The molecule has 0 aromatic heterocycles. The molecular weight excluding hydrogens is 142 g/mol. The molecule has 2 saturated heterocycles. The molecule has 62 valence electrons. The Kier molecular flexibility index (Phi) is 1.49. The highest BCUT2D eigenvalue weighted by molar-refractivity contribution is 5.76. The van der Waals surface area contributed by atoms with E-state index in [1.54, 1.807) is 4.90 Å². The molecule has 0 atom stereocenters. The van der Waals surface area contributed by atoms with Gasteiger partial charge in [0.25, 0.3) is 0 Å². The standard InChI is InChI=1S/C7H13N3O/c1-9-2-3-10(7(9)11)6-4-8-5-6/h6,8H,2-5H2,1H3. The van der Waals surface area contributed by atoms with Crippen molar-refractivity contribution in [3.8, 4) is 0 Å². The normalized spacial score (nSPS) is 26.1. The number of amides is 2. The summed E-state index contributed by atoms with van der Waals surface area (Å²) in [5.41, 5.74) is 0. The topological polar surface area (TPSA) is 35.6 Å². The average Bonchev–Trinajstić information content (AvgIpc) is 2.15. The van der Waals surface area contributed by atoms with Gasteiger partial charge in [-0.1, -0.05) is 0 Å².